The third-order valence-corrected chi connectivity index (χ3v) is 4.14. The van der Waals surface area contributed by atoms with Crippen molar-refractivity contribution >= 4 is 23.9 Å². The first kappa shape index (κ1) is 21.6. The minimum Gasteiger partial charge on any atom is -0.481 e. The van der Waals surface area contributed by atoms with E-state index in [0.717, 1.165) is 6.42 Å². The zero-order valence-corrected chi connectivity index (χ0v) is 15.9. The lowest BCUT2D eigenvalue weighted by atomic mass is 9.98. The van der Waals surface area contributed by atoms with E-state index >= 15 is 0 Å². The van der Waals surface area contributed by atoms with Crippen LogP contribution in [0.1, 0.15) is 32.6 Å². The van der Waals surface area contributed by atoms with Gasteiger partial charge in [-0.2, -0.15) is 5.10 Å². The Kier molecular flexibility index (Phi) is 9.17. The fraction of sp³-hybridized carbons (Fsp3) is 0.450. The molecule has 2 amide bonds. The Bertz CT molecular complexity index is 678. The van der Waals surface area contributed by atoms with Crippen LogP contribution in [-0.4, -0.2) is 42.3 Å². The van der Waals surface area contributed by atoms with Gasteiger partial charge in [-0.15, -0.1) is 0 Å². The summed E-state index contributed by atoms with van der Waals surface area (Å²) in [6.45, 7) is 2.34. The van der Waals surface area contributed by atoms with Gasteiger partial charge in [0.25, 0.3) is 0 Å². The summed E-state index contributed by atoms with van der Waals surface area (Å²) < 4.78 is 11.3. The van der Waals surface area contributed by atoms with Crippen molar-refractivity contribution in [3.8, 4) is 0 Å². The molecule has 2 rings (SSSR count). The van der Waals surface area contributed by atoms with Crippen LogP contribution in [0, 0.1) is 5.92 Å². The molecule has 1 heterocycles. The number of anilines is 1. The van der Waals surface area contributed by atoms with Crippen molar-refractivity contribution in [1.29, 1.82) is 0 Å². The summed E-state index contributed by atoms with van der Waals surface area (Å²) in [5.74, 6) is -0.716. The summed E-state index contributed by atoms with van der Waals surface area (Å²) in [5, 5.41) is 15.3. The average molecular weight is 389 g/mol. The number of aliphatic carboxylic acids is 1. The summed E-state index contributed by atoms with van der Waals surface area (Å²) in [5.41, 5.74) is 3.11. The molecule has 0 bridgehead atoms. The molecule has 8 nitrogen and oxygen atoms in total. The Labute approximate surface area is 164 Å². The number of carbonyl (C=O) groups excluding carboxylic acids is 1. The van der Waals surface area contributed by atoms with Gasteiger partial charge in [0.05, 0.1) is 12.8 Å². The van der Waals surface area contributed by atoms with E-state index in [1.807, 2.05) is 37.3 Å². The molecule has 3 N–H and O–H groups in total. The van der Waals surface area contributed by atoms with Crippen LogP contribution in [0.2, 0.25) is 0 Å². The molecule has 0 unspecified atom stereocenters. The molecule has 0 spiro atoms. The molecule has 152 valence electrons. The third-order valence-electron chi connectivity index (χ3n) is 4.14. The van der Waals surface area contributed by atoms with Crippen molar-refractivity contribution in [1.82, 2.24) is 5.43 Å². The first-order valence-corrected chi connectivity index (χ1v) is 9.33. The molecule has 1 fully saturated rings. The fourth-order valence-corrected chi connectivity index (χ4v) is 2.69. The number of urea groups is 1. The lowest BCUT2D eigenvalue weighted by molar-refractivity contribution is -0.206. The van der Waals surface area contributed by atoms with Crippen LogP contribution in [0.3, 0.4) is 0 Å². The summed E-state index contributed by atoms with van der Waals surface area (Å²) in [6, 6.07) is 8.66. The minimum atomic E-state index is -0.781. The van der Waals surface area contributed by atoms with Crippen LogP contribution < -0.4 is 10.7 Å². The number of hydrazone groups is 1. The third kappa shape index (κ3) is 8.32. The summed E-state index contributed by atoms with van der Waals surface area (Å²) >= 11 is 0. The van der Waals surface area contributed by atoms with E-state index in [4.69, 9.17) is 14.6 Å². The normalized spacial score (nSPS) is 22.4. The van der Waals surface area contributed by atoms with E-state index in [2.05, 4.69) is 15.8 Å². The number of nitrogens with zero attached hydrogens (tertiary/aromatic N) is 1. The topological polar surface area (TPSA) is 109 Å². The molecule has 1 aromatic rings. The van der Waals surface area contributed by atoms with Crippen molar-refractivity contribution in [3.05, 3.63) is 42.5 Å². The molecule has 28 heavy (non-hydrogen) atoms. The Hall–Kier alpha value is -2.71. The Balaban J connectivity index is 1.78. The fourth-order valence-electron chi connectivity index (χ4n) is 2.69. The Morgan fingerprint density at radius 3 is 2.82 bits per heavy atom. The van der Waals surface area contributed by atoms with Crippen LogP contribution in [-0.2, 0) is 14.3 Å². The number of carbonyl (C=O) groups is 2. The number of para-hydroxylation sites is 1. The maximum absolute atomic E-state index is 11.9. The quantitative estimate of drug-likeness (QED) is 0.260. The lowest BCUT2D eigenvalue weighted by Crippen LogP contribution is -2.40. The molecule has 0 saturated carbocycles. The van der Waals surface area contributed by atoms with Gasteiger partial charge in [0, 0.05) is 18.0 Å². The SMILES string of the molecule is C[C@@H]1OC[C@H](CC=CCCCC(=O)O)[C@H](C=NNC(=O)Nc2ccccc2)O1. The zero-order valence-electron chi connectivity index (χ0n) is 15.9. The number of ether oxygens (including phenoxy) is 2. The van der Waals surface area contributed by atoms with Gasteiger partial charge in [0.15, 0.2) is 6.29 Å². The van der Waals surface area contributed by atoms with E-state index in [1.54, 1.807) is 18.3 Å². The maximum Gasteiger partial charge on any atom is 0.339 e. The average Bonchev–Trinajstić information content (AvgIpc) is 2.66. The zero-order chi connectivity index (χ0) is 20.2. The van der Waals surface area contributed by atoms with Crippen molar-refractivity contribution in [2.24, 2.45) is 11.0 Å². The number of hydrogen-bond acceptors (Lipinski definition) is 5. The molecule has 1 aliphatic heterocycles. The Morgan fingerprint density at radius 2 is 2.07 bits per heavy atom. The highest BCUT2D eigenvalue weighted by Crippen LogP contribution is 2.21. The van der Waals surface area contributed by atoms with Gasteiger partial charge in [0.2, 0.25) is 0 Å². The van der Waals surface area contributed by atoms with E-state index in [0.29, 0.717) is 25.1 Å². The molecular formula is C20H27N3O5. The van der Waals surface area contributed by atoms with Gasteiger partial charge in [-0.3, -0.25) is 4.79 Å². The molecule has 0 aliphatic carbocycles. The van der Waals surface area contributed by atoms with Gasteiger partial charge >= 0.3 is 12.0 Å². The number of hydrogen-bond donors (Lipinski definition) is 3. The van der Waals surface area contributed by atoms with Gasteiger partial charge in [-0.25, -0.2) is 10.2 Å². The number of allylic oxidation sites excluding steroid dienone is 2. The van der Waals surface area contributed by atoms with Gasteiger partial charge in [0.1, 0.15) is 6.10 Å². The number of unbranched alkanes of at least 4 members (excludes halogenated alkanes) is 1. The number of rotatable bonds is 9. The van der Waals surface area contributed by atoms with Crippen LogP contribution in [0.5, 0.6) is 0 Å². The number of carboxylic acids is 1. The van der Waals surface area contributed by atoms with E-state index in [9.17, 15) is 9.59 Å². The number of benzene rings is 1. The Morgan fingerprint density at radius 1 is 1.29 bits per heavy atom. The molecule has 0 aromatic heterocycles. The van der Waals surface area contributed by atoms with Crippen molar-refractivity contribution < 1.29 is 24.2 Å². The predicted molar refractivity (Wildman–Crippen MR) is 106 cm³/mol. The maximum atomic E-state index is 11.9. The lowest BCUT2D eigenvalue weighted by Gasteiger charge is -2.32. The monoisotopic (exact) mass is 389 g/mol. The van der Waals surface area contributed by atoms with Gasteiger partial charge < -0.3 is 19.9 Å². The predicted octanol–water partition coefficient (Wildman–Crippen LogP) is 3.37. The standard InChI is InChI=1S/C20H27N3O5/c1-15-27-14-16(9-5-2-3-8-12-19(24)25)18(28-15)13-21-23-20(26)22-17-10-6-4-7-11-17/h2,4-7,10-11,13,15-16,18H,3,8-9,12,14H2,1H3,(H,24,25)(H2,22,23,26)/t15-,16+,18+/m1/s1. The van der Waals surface area contributed by atoms with Crippen molar-refractivity contribution in [3.63, 3.8) is 0 Å². The molecule has 1 aliphatic rings. The van der Waals surface area contributed by atoms with Crippen molar-refractivity contribution in [2.75, 3.05) is 11.9 Å². The minimum absolute atomic E-state index is 0.0645. The van der Waals surface area contributed by atoms with Crippen LogP contribution in [0.15, 0.2) is 47.6 Å². The molecule has 8 heteroatoms. The molecule has 1 saturated heterocycles. The first-order valence-electron chi connectivity index (χ1n) is 9.33. The number of carboxylic acid groups (broad SMARTS) is 1. The van der Waals surface area contributed by atoms with Crippen LogP contribution in [0.4, 0.5) is 10.5 Å². The largest absolute Gasteiger partial charge is 0.481 e. The summed E-state index contributed by atoms with van der Waals surface area (Å²) in [7, 11) is 0. The van der Waals surface area contributed by atoms with Crippen LogP contribution >= 0.6 is 0 Å². The second-order valence-corrected chi connectivity index (χ2v) is 6.46. The summed E-state index contributed by atoms with van der Waals surface area (Å²) in [4.78, 5) is 22.4. The smallest absolute Gasteiger partial charge is 0.339 e. The summed E-state index contributed by atoms with van der Waals surface area (Å²) in [6.07, 6.45) is 7.15. The van der Waals surface area contributed by atoms with Crippen LogP contribution in [0.25, 0.3) is 0 Å². The van der Waals surface area contributed by atoms with Crippen molar-refractivity contribution in [2.45, 2.75) is 45.0 Å². The second kappa shape index (κ2) is 11.9. The highest BCUT2D eigenvalue weighted by atomic mass is 16.7. The van der Waals surface area contributed by atoms with E-state index < -0.39 is 12.0 Å². The molecule has 0 radical (unpaired) electrons. The van der Waals surface area contributed by atoms with Gasteiger partial charge in [-0.1, -0.05) is 30.4 Å². The number of nitrogens with one attached hydrogen (secondary N) is 2. The molecular weight excluding hydrogens is 362 g/mol. The first-order chi connectivity index (χ1) is 13.5. The highest BCUT2D eigenvalue weighted by Gasteiger charge is 2.28. The second-order valence-electron chi connectivity index (χ2n) is 6.46. The number of amides is 2. The van der Waals surface area contributed by atoms with E-state index in [1.165, 1.54) is 0 Å². The molecule has 1 aromatic carbocycles. The van der Waals surface area contributed by atoms with E-state index in [-0.39, 0.29) is 24.7 Å². The highest BCUT2D eigenvalue weighted by molar-refractivity contribution is 5.89. The van der Waals surface area contributed by atoms with Gasteiger partial charge in [-0.05, 0) is 38.3 Å². The molecule has 3 atom stereocenters.